The van der Waals surface area contributed by atoms with Gasteiger partial charge in [0, 0.05) is 31.7 Å². The van der Waals surface area contributed by atoms with Crippen molar-refractivity contribution in [3.05, 3.63) is 22.7 Å². The zero-order valence-corrected chi connectivity index (χ0v) is 14.9. The maximum absolute atomic E-state index is 8.78. The molecule has 0 aliphatic rings. The lowest BCUT2D eigenvalue weighted by atomic mass is 10.1. The summed E-state index contributed by atoms with van der Waals surface area (Å²) in [7, 11) is 0. The Hall–Kier alpha value is -2.03. The van der Waals surface area contributed by atoms with Crippen molar-refractivity contribution < 1.29 is 5.11 Å². The Kier molecular flexibility index (Phi) is 7.10. The zero-order valence-electron chi connectivity index (χ0n) is 14.1. The molecule has 0 spiro atoms. The monoisotopic (exact) mass is 346 g/mol. The molecular formula is C18H23ClN4O. The smallest absolute Gasteiger partial charge is 0.169 e. The van der Waals surface area contributed by atoms with E-state index in [0.29, 0.717) is 5.02 Å². The molecule has 0 aliphatic carbocycles. The summed E-state index contributed by atoms with van der Waals surface area (Å²) in [6.45, 7) is 5.78. The molecule has 0 saturated carbocycles. The molecule has 0 bridgehead atoms. The molecule has 1 aromatic heterocycles. The van der Waals surface area contributed by atoms with Gasteiger partial charge in [-0.2, -0.15) is 0 Å². The number of benzene rings is 1. The fourth-order valence-electron chi connectivity index (χ4n) is 2.24. The fraction of sp³-hybridized carbons (Fsp3) is 0.444. The lowest BCUT2D eigenvalue weighted by Gasteiger charge is -2.11. The lowest BCUT2D eigenvalue weighted by Crippen LogP contribution is -2.08. The van der Waals surface area contributed by atoms with Gasteiger partial charge in [-0.05, 0) is 38.8 Å². The Morgan fingerprint density at radius 2 is 1.67 bits per heavy atom. The second-order valence-corrected chi connectivity index (χ2v) is 5.69. The number of nitrogens with zero attached hydrogens (tertiary/aromatic N) is 2. The summed E-state index contributed by atoms with van der Waals surface area (Å²) in [6.07, 6.45) is 2.39. The number of nitrogens with one attached hydrogen (secondary N) is 2. The van der Waals surface area contributed by atoms with Crippen molar-refractivity contribution >= 4 is 34.3 Å². The minimum Gasteiger partial charge on any atom is -0.396 e. The van der Waals surface area contributed by atoms with Gasteiger partial charge in [-0.15, -0.1) is 0 Å². The topological polar surface area (TPSA) is 70.1 Å². The van der Waals surface area contributed by atoms with Gasteiger partial charge in [-0.3, -0.25) is 0 Å². The molecule has 3 N–H and O–H groups in total. The van der Waals surface area contributed by atoms with Crippen LogP contribution in [-0.2, 0) is 0 Å². The number of fused-ring (bicyclic) bond motifs is 1. The Morgan fingerprint density at radius 3 is 2.25 bits per heavy atom. The predicted molar refractivity (Wildman–Crippen MR) is 101 cm³/mol. The average molecular weight is 347 g/mol. The average Bonchev–Trinajstić information content (AvgIpc) is 2.56. The van der Waals surface area contributed by atoms with Gasteiger partial charge in [0.2, 0.25) is 0 Å². The molecule has 0 saturated heterocycles. The first-order valence-corrected chi connectivity index (χ1v) is 8.66. The summed E-state index contributed by atoms with van der Waals surface area (Å²) >= 11 is 6.33. The van der Waals surface area contributed by atoms with E-state index in [2.05, 4.69) is 32.4 Å². The first-order valence-electron chi connectivity index (χ1n) is 8.28. The number of halogens is 1. The second-order valence-electron chi connectivity index (χ2n) is 5.28. The number of aliphatic hydroxyl groups excluding tert-OH is 1. The molecule has 0 atom stereocenters. The van der Waals surface area contributed by atoms with E-state index in [1.54, 1.807) is 6.07 Å². The number of anilines is 2. The number of hydrogen-bond acceptors (Lipinski definition) is 5. The molecule has 128 valence electrons. The normalized spacial score (nSPS) is 10.3. The molecule has 1 aromatic carbocycles. The van der Waals surface area contributed by atoms with E-state index in [0.717, 1.165) is 60.6 Å². The highest BCUT2D eigenvalue weighted by Crippen LogP contribution is 2.26. The van der Waals surface area contributed by atoms with Crippen LogP contribution in [0.4, 0.5) is 11.6 Å². The van der Waals surface area contributed by atoms with Crippen LogP contribution >= 0.6 is 11.6 Å². The van der Waals surface area contributed by atoms with Crippen molar-refractivity contribution in [3.63, 3.8) is 0 Å². The molecule has 0 radical (unpaired) electrons. The molecule has 5 nitrogen and oxygen atoms in total. The van der Waals surface area contributed by atoms with Gasteiger partial charge in [0.15, 0.2) is 11.6 Å². The molecule has 24 heavy (non-hydrogen) atoms. The van der Waals surface area contributed by atoms with Crippen molar-refractivity contribution in [2.45, 2.75) is 33.1 Å². The molecule has 0 unspecified atom stereocenters. The van der Waals surface area contributed by atoms with Crippen LogP contribution in [0.2, 0.25) is 5.02 Å². The highest BCUT2D eigenvalue weighted by Gasteiger charge is 2.10. The van der Waals surface area contributed by atoms with Crippen LogP contribution in [0.3, 0.4) is 0 Å². The molecule has 6 heteroatoms. The first-order chi connectivity index (χ1) is 11.7. The van der Waals surface area contributed by atoms with E-state index >= 15 is 0 Å². The van der Waals surface area contributed by atoms with E-state index in [1.807, 2.05) is 19.9 Å². The van der Waals surface area contributed by atoms with Crippen LogP contribution in [0, 0.1) is 11.8 Å². The van der Waals surface area contributed by atoms with Crippen LogP contribution < -0.4 is 10.6 Å². The maximum Gasteiger partial charge on any atom is 0.169 e. The summed E-state index contributed by atoms with van der Waals surface area (Å²) < 4.78 is 0. The lowest BCUT2D eigenvalue weighted by molar-refractivity contribution is 0.285. The summed E-state index contributed by atoms with van der Waals surface area (Å²) in [6, 6.07) is 3.68. The molecule has 0 fully saturated rings. The maximum atomic E-state index is 8.78. The number of aliphatic hydroxyl groups is 1. The summed E-state index contributed by atoms with van der Waals surface area (Å²) in [4.78, 5) is 9.26. The van der Waals surface area contributed by atoms with Gasteiger partial charge >= 0.3 is 0 Å². The van der Waals surface area contributed by atoms with Crippen LogP contribution in [0.5, 0.6) is 0 Å². The quantitative estimate of drug-likeness (QED) is 0.527. The van der Waals surface area contributed by atoms with Crippen LogP contribution in [0.15, 0.2) is 12.1 Å². The molecule has 2 rings (SSSR count). The summed E-state index contributed by atoms with van der Waals surface area (Å²) in [5.74, 6) is 7.64. The number of hydrogen-bond donors (Lipinski definition) is 3. The van der Waals surface area contributed by atoms with Crippen molar-refractivity contribution in [2.75, 3.05) is 30.3 Å². The Morgan fingerprint density at radius 1 is 1.04 bits per heavy atom. The minimum atomic E-state index is 0.204. The summed E-state index contributed by atoms with van der Waals surface area (Å²) in [5.41, 5.74) is 2.25. The minimum absolute atomic E-state index is 0.204. The van der Waals surface area contributed by atoms with E-state index in [1.165, 1.54) is 0 Å². The van der Waals surface area contributed by atoms with Crippen LogP contribution in [0.1, 0.15) is 38.7 Å². The van der Waals surface area contributed by atoms with E-state index in [4.69, 9.17) is 16.7 Å². The summed E-state index contributed by atoms with van der Waals surface area (Å²) in [5, 5.41) is 15.8. The number of aromatic nitrogens is 2. The van der Waals surface area contributed by atoms with Crippen molar-refractivity contribution in [1.82, 2.24) is 9.97 Å². The Bertz CT molecular complexity index is 752. The third kappa shape index (κ3) is 4.73. The van der Waals surface area contributed by atoms with Crippen molar-refractivity contribution in [3.8, 4) is 11.8 Å². The first kappa shape index (κ1) is 18.3. The van der Waals surface area contributed by atoms with Gasteiger partial charge in [0.05, 0.1) is 16.1 Å². The van der Waals surface area contributed by atoms with Crippen molar-refractivity contribution in [1.29, 1.82) is 0 Å². The van der Waals surface area contributed by atoms with Gasteiger partial charge in [-0.1, -0.05) is 23.4 Å². The fourth-order valence-corrected chi connectivity index (χ4v) is 2.44. The molecule has 2 aromatic rings. The Balaban J connectivity index is 2.35. The third-order valence-corrected chi connectivity index (χ3v) is 3.69. The predicted octanol–water partition coefficient (Wildman–Crippen LogP) is 3.66. The van der Waals surface area contributed by atoms with E-state index in [-0.39, 0.29) is 6.61 Å². The highest BCUT2D eigenvalue weighted by atomic mass is 35.5. The van der Waals surface area contributed by atoms with Gasteiger partial charge in [0.25, 0.3) is 0 Å². The standard InChI is InChI=1S/C18H23ClN4O/c1-3-20-17-18(21-4-2)23-16-12-14(19)13(11-15(16)22-17)9-7-5-6-8-10-24/h11-12,24H,3-6,8,10H2,1-2H3,(H,20,22)(H,21,23). The molecule has 0 amide bonds. The van der Waals surface area contributed by atoms with Crippen LogP contribution in [-0.4, -0.2) is 34.8 Å². The SMILES string of the molecule is CCNc1nc2cc(Cl)c(C#CCCCCO)cc2nc1NCC. The molecule has 1 heterocycles. The van der Waals surface area contributed by atoms with Gasteiger partial charge in [-0.25, -0.2) is 9.97 Å². The third-order valence-electron chi connectivity index (χ3n) is 3.37. The van der Waals surface area contributed by atoms with Crippen molar-refractivity contribution in [2.24, 2.45) is 0 Å². The van der Waals surface area contributed by atoms with E-state index in [9.17, 15) is 0 Å². The number of unbranched alkanes of at least 4 members (excludes halogenated alkanes) is 2. The molecular weight excluding hydrogens is 324 g/mol. The molecule has 0 aliphatic heterocycles. The Labute approximate surface area is 147 Å². The second kappa shape index (κ2) is 9.31. The highest BCUT2D eigenvalue weighted by molar-refractivity contribution is 6.32. The van der Waals surface area contributed by atoms with Crippen LogP contribution in [0.25, 0.3) is 11.0 Å². The largest absolute Gasteiger partial charge is 0.396 e. The van der Waals surface area contributed by atoms with E-state index < -0.39 is 0 Å². The number of rotatable bonds is 7. The zero-order chi connectivity index (χ0) is 17.4. The van der Waals surface area contributed by atoms with Gasteiger partial charge < -0.3 is 15.7 Å². The van der Waals surface area contributed by atoms with Gasteiger partial charge in [0.1, 0.15) is 0 Å².